The molecule has 0 aromatic heterocycles. The number of nitrogens with one attached hydrogen (secondary N) is 1. The first-order valence-electron chi connectivity index (χ1n) is 5.80. The molecule has 0 radical (unpaired) electrons. The normalized spacial score (nSPS) is 13.0. The summed E-state index contributed by atoms with van der Waals surface area (Å²) in [5.74, 6) is 0. The summed E-state index contributed by atoms with van der Waals surface area (Å²) in [6.45, 7) is 0. The van der Waals surface area contributed by atoms with Gasteiger partial charge in [0.15, 0.2) is 0 Å². The van der Waals surface area contributed by atoms with Crippen molar-refractivity contribution < 1.29 is 13.2 Å². The Hall–Kier alpha value is -1.10. The van der Waals surface area contributed by atoms with Gasteiger partial charge in [-0.25, -0.2) is 0 Å². The van der Waals surface area contributed by atoms with Gasteiger partial charge in [0, 0.05) is 20.8 Å². The fourth-order valence-electron chi connectivity index (χ4n) is 1.81. The van der Waals surface area contributed by atoms with Crippen LogP contribution in [0.25, 0.3) is 0 Å². The summed E-state index contributed by atoms with van der Waals surface area (Å²) in [5, 5.41) is 3.14. The molecule has 2 aromatic rings. The first-order chi connectivity index (χ1) is 9.75. The lowest BCUT2D eigenvalue weighted by Crippen LogP contribution is -2.27. The van der Waals surface area contributed by atoms with Crippen LogP contribution in [0.1, 0.15) is 11.6 Å². The highest BCUT2D eigenvalue weighted by atomic mass is 35.5. The number of anilines is 1. The van der Waals surface area contributed by atoms with Crippen molar-refractivity contribution >= 4 is 40.5 Å². The monoisotopic (exact) mass is 353 g/mol. The van der Waals surface area contributed by atoms with Crippen molar-refractivity contribution in [2.24, 2.45) is 0 Å². The Kier molecular flexibility index (Phi) is 4.91. The van der Waals surface area contributed by atoms with Crippen LogP contribution in [0.3, 0.4) is 0 Å². The first-order valence-corrected chi connectivity index (χ1v) is 6.94. The van der Waals surface area contributed by atoms with Crippen LogP contribution in [0, 0.1) is 0 Å². The molecule has 0 amide bonds. The third kappa shape index (κ3) is 4.43. The van der Waals surface area contributed by atoms with Gasteiger partial charge in [0.2, 0.25) is 0 Å². The minimum absolute atomic E-state index is 0.0602. The maximum absolute atomic E-state index is 13.3. The van der Waals surface area contributed by atoms with E-state index in [2.05, 4.69) is 5.32 Å². The van der Waals surface area contributed by atoms with Crippen molar-refractivity contribution in [3.8, 4) is 0 Å². The zero-order valence-electron chi connectivity index (χ0n) is 10.4. The van der Waals surface area contributed by atoms with E-state index in [4.69, 9.17) is 34.8 Å². The van der Waals surface area contributed by atoms with Crippen LogP contribution >= 0.6 is 34.8 Å². The Morgan fingerprint density at radius 3 is 1.81 bits per heavy atom. The molecule has 112 valence electrons. The van der Waals surface area contributed by atoms with E-state index in [0.717, 1.165) is 0 Å². The highest BCUT2D eigenvalue weighted by molar-refractivity contribution is 6.34. The van der Waals surface area contributed by atoms with Crippen molar-refractivity contribution in [3.05, 3.63) is 63.1 Å². The smallest absolute Gasteiger partial charge is 0.370 e. The van der Waals surface area contributed by atoms with Gasteiger partial charge in [-0.3, -0.25) is 0 Å². The summed E-state index contributed by atoms with van der Waals surface area (Å²) in [6.07, 6.45) is -4.51. The van der Waals surface area contributed by atoms with Crippen molar-refractivity contribution in [3.63, 3.8) is 0 Å². The standard InChI is InChI=1S/C14H9Cl3F3N/c15-9-1-3-12(4-2-9)21-13(14(18,19)20)8-5-10(16)7-11(17)6-8/h1-7,13,21H. The molecule has 0 aliphatic rings. The molecule has 0 fully saturated rings. The molecule has 0 spiro atoms. The molecule has 0 aliphatic heterocycles. The van der Waals surface area contributed by atoms with Gasteiger partial charge in [-0.2, -0.15) is 13.2 Å². The summed E-state index contributed by atoms with van der Waals surface area (Å²) in [7, 11) is 0. The largest absolute Gasteiger partial charge is 0.412 e. The van der Waals surface area contributed by atoms with Gasteiger partial charge in [-0.1, -0.05) is 34.8 Å². The average molecular weight is 355 g/mol. The van der Waals surface area contributed by atoms with Crippen molar-refractivity contribution in [2.75, 3.05) is 5.32 Å². The molecule has 2 aromatic carbocycles. The van der Waals surface area contributed by atoms with Gasteiger partial charge in [0.25, 0.3) is 0 Å². The molecule has 1 nitrogen and oxygen atoms in total. The SMILES string of the molecule is FC(F)(F)C(Nc1ccc(Cl)cc1)c1cc(Cl)cc(Cl)c1. The van der Waals surface area contributed by atoms with Gasteiger partial charge in [0.1, 0.15) is 6.04 Å². The van der Waals surface area contributed by atoms with Crippen molar-refractivity contribution in [1.29, 1.82) is 0 Å². The zero-order chi connectivity index (χ0) is 15.6. The summed E-state index contributed by atoms with van der Waals surface area (Å²) in [6, 6.07) is 7.85. The summed E-state index contributed by atoms with van der Waals surface area (Å²) >= 11 is 17.3. The van der Waals surface area contributed by atoms with E-state index in [9.17, 15) is 13.2 Å². The van der Waals surface area contributed by atoms with Crippen molar-refractivity contribution in [2.45, 2.75) is 12.2 Å². The molecule has 0 saturated carbocycles. The molecule has 0 aliphatic carbocycles. The Balaban J connectivity index is 2.37. The molecule has 1 unspecified atom stereocenters. The van der Waals surface area contributed by atoms with E-state index in [1.54, 1.807) is 0 Å². The van der Waals surface area contributed by atoms with Crippen LogP contribution in [-0.2, 0) is 0 Å². The third-order valence-corrected chi connectivity index (χ3v) is 3.39. The molecule has 1 atom stereocenters. The summed E-state index contributed by atoms with van der Waals surface area (Å²) in [4.78, 5) is 0. The average Bonchev–Trinajstić information content (AvgIpc) is 2.35. The highest BCUT2D eigenvalue weighted by Crippen LogP contribution is 2.37. The fraction of sp³-hybridized carbons (Fsp3) is 0.143. The lowest BCUT2D eigenvalue weighted by molar-refractivity contribution is -0.144. The van der Waals surface area contributed by atoms with E-state index in [1.807, 2.05) is 0 Å². The molecule has 21 heavy (non-hydrogen) atoms. The van der Waals surface area contributed by atoms with Gasteiger partial charge in [-0.05, 0) is 48.0 Å². The molecule has 0 heterocycles. The van der Waals surface area contributed by atoms with Crippen LogP contribution in [-0.4, -0.2) is 6.18 Å². The number of hydrogen-bond acceptors (Lipinski definition) is 1. The number of hydrogen-bond donors (Lipinski definition) is 1. The molecular formula is C14H9Cl3F3N. The summed E-state index contributed by atoms with van der Waals surface area (Å²) < 4.78 is 39.8. The quantitative estimate of drug-likeness (QED) is 0.676. The highest BCUT2D eigenvalue weighted by Gasteiger charge is 2.41. The predicted molar refractivity (Wildman–Crippen MR) is 80.3 cm³/mol. The van der Waals surface area contributed by atoms with E-state index < -0.39 is 12.2 Å². The lowest BCUT2D eigenvalue weighted by atomic mass is 10.1. The van der Waals surface area contributed by atoms with E-state index in [-0.39, 0.29) is 21.3 Å². The Morgan fingerprint density at radius 2 is 1.33 bits per heavy atom. The zero-order valence-corrected chi connectivity index (χ0v) is 12.7. The molecule has 0 bridgehead atoms. The van der Waals surface area contributed by atoms with Crippen LogP contribution in [0.4, 0.5) is 18.9 Å². The van der Waals surface area contributed by atoms with Gasteiger partial charge in [-0.15, -0.1) is 0 Å². The number of rotatable bonds is 3. The molecular weight excluding hydrogens is 346 g/mol. The Morgan fingerprint density at radius 1 is 0.810 bits per heavy atom. The molecule has 2 rings (SSSR count). The number of benzene rings is 2. The molecule has 7 heteroatoms. The second-order valence-corrected chi connectivity index (χ2v) is 5.64. The predicted octanol–water partition coefficient (Wildman–Crippen LogP) is 6.36. The number of halogens is 6. The molecule has 1 N–H and O–H groups in total. The molecule has 0 saturated heterocycles. The Labute approximate surface area is 134 Å². The van der Waals surface area contributed by atoms with Gasteiger partial charge >= 0.3 is 6.18 Å². The van der Waals surface area contributed by atoms with E-state index >= 15 is 0 Å². The fourth-order valence-corrected chi connectivity index (χ4v) is 2.48. The van der Waals surface area contributed by atoms with Crippen LogP contribution in [0.5, 0.6) is 0 Å². The second kappa shape index (κ2) is 6.34. The maximum atomic E-state index is 13.3. The van der Waals surface area contributed by atoms with Crippen LogP contribution < -0.4 is 5.32 Å². The van der Waals surface area contributed by atoms with E-state index in [1.165, 1.54) is 42.5 Å². The van der Waals surface area contributed by atoms with Crippen molar-refractivity contribution in [1.82, 2.24) is 0 Å². The number of alkyl halides is 3. The lowest BCUT2D eigenvalue weighted by Gasteiger charge is -2.23. The first kappa shape index (κ1) is 16.3. The van der Waals surface area contributed by atoms with Crippen LogP contribution in [0.15, 0.2) is 42.5 Å². The minimum atomic E-state index is -4.51. The Bertz CT molecular complexity index is 606. The van der Waals surface area contributed by atoms with Gasteiger partial charge < -0.3 is 5.32 Å². The minimum Gasteiger partial charge on any atom is -0.370 e. The topological polar surface area (TPSA) is 12.0 Å². The van der Waals surface area contributed by atoms with E-state index in [0.29, 0.717) is 5.02 Å². The van der Waals surface area contributed by atoms with Gasteiger partial charge in [0.05, 0.1) is 0 Å². The summed E-state index contributed by atoms with van der Waals surface area (Å²) in [5.41, 5.74) is 0.229. The third-order valence-electron chi connectivity index (χ3n) is 2.70. The van der Waals surface area contributed by atoms with Crippen LogP contribution in [0.2, 0.25) is 15.1 Å². The maximum Gasteiger partial charge on any atom is 0.412 e. The second-order valence-electron chi connectivity index (χ2n) is 4.33.